The van der Waals surface area contributed by atoms with Crippen molar-refractivity contribution >= 4 is 5.65 Å². The Morgan fingerprint density at radius 2 is 2.19 bits per heavy atom. The summed E-state index contributed by atoms with van der Waals surface area (Å²) in [7, 11) is 0. The van der Waals surface area contributed by atoms with Gasteiger partial charge in [-0.3, -0.25) is 4.98 Å². The van der Waals surface area contributed by atoms with E-state index >= 15 is 0 Å². The van der Waals surface area contributed by atoms with Crippen LogP contribution in [0.25, 0.3) is 16.9 Å². The highest BCUT2D eigenvalue weighted by Crippen LogP contribution is 2.39. The molecule has 21 heavy (non-hydrogen) atoms. The molecule has 1 aliphatic carbocycles. The van der Waals surface area contributed by atoms with Crippen molar-refractivity contribution in [1.82, 2.24) is 19.6 Å². The lowest BCUT2D eigenvalue weighted by Crippen LogP contribution is -2.12. The van der Waals surface area contributed by atoms with Crippen LogP contribution in [0.1, 0.15) is 36.4 Å². The van der Waals surface area contributed by atoms with Crippen molar-refractivity contribution < 1.29 is 0 Å². The van der Waals surface area contributed by atoms with Crippen molar-refractivity contribution in [1.29, 1.82) is 5.26 Å². The van der Waals surface area contributed by atoms with Gasteiger partial charge in [0, 0.05) is 23.9 Å². The zero-order valence-corrected chi connectivity index (χ0v) is 11.4. The zero-order valence-electron chi connectivity index (χ0n) is 11.4. The van der Waals surface area contributed by atoms with Gasteiger partial charge in [-0.25, -0.2) is 9.50 Å². The molecular formula is C16H13N5. The Bertz CT molecular complexity index is 854. The SMILES string of the molecule is N#Cc1cnn2ccc(-c3cccnc3C3CCC3)nc12. The first kappa shape index (κ1) is 12.0. The van der Waals surface area contributed by atoms with E-state index in [-0.39, 0.29) is 0 Å². The molecule has 0 unspecified atom stereocenters. The van der Waals surface area contributed by atoms with E-state index in [0.29, 0.717) is 17.1 Å². The van der Waals surface area contributed by atoms with Crippen LogP contribution in [0.4, 0.5) is 0 Å². The summed E-state index contributed by atoms with van der Waals surface area (Å²) in [4.78, 5) is 9.18. The van der Waals surface area contributed by atoms with Crippen molar-refractivity contribution in [2.45, 2.75) is 25.2 Å². The fourth-order valence-electron chi connectivity index (χ4n) is 2.74. The molecule has 0 aliphatic heterocycles. The molecule has 0 N–H and O–H groups in total. The number of rotatable bonds is 2. The molecule has 0 amide bonds. The van der Waals surface area contributed by atoms with Crippen molar-refractivity contribution in [3.05, 3.63) is 48.0 Å². The number of hydrogen-bond donors (Lipinski definition) is 0. The van der Waals surface area contributed by atoms with E-state index in [1.54, 1.807) is 10.7 Å². The van der Waals surface area contributed by atoms with Gasteiger partial charge >= 0.3 is 0 Å². The molecule has 5 heteroatoms. The molecule has 0 aromatic carbocycles. The van der Waals surface area contributed by atoms with Crippen LogP contribution in [0.15, 0.2) is 36.8 Å². The fraction of sp³-hybridized carbons (Fsp3) is 0.250. The van der Waals surface area contributed by atoms with Gasteiger partial charge in [0.2, 0.25) is 0 Å². The molecule has 0 bridgehead atoms. The maximum Gasteiger partial charge on any atom is 0.173 e. The van der Waals surface area contributed by atoms with Gasteiger partial charge in [0.05, 0.1) is 17.6 Å². The van der Waals surface area contributed by atoms with Crippen LogP contribution >= 0.6 is 0 Å². The summed E-state index contributed by atoms with van der Waals surface area (Å²) in [5, 5.41) is 13.2. The number of pyridine rings is 1. The van der Waals surface area contributed by atoms with Crippen molar-refractivity contribution in [2.75, 3.05) is 0 Å². The average molecular weight is 275 g/mol. The summed E-state index contributed by atoms with van der Waals surface area (Å²) in [6.45, 7) is 0. The third-order valence-corrected chi connectivity index (χ3v) is 4.10. The van der Waals surface area contributed by atoms with Crippen LogP contribution in [-0.4, -0.2) is 19.6 Å². The number of fused-ring (bicyclic) bond motifs is 1. The normalized spacial score (nSPS) is 14.8. The molecule has 3 aromatic rings. The predicted octanol–water partition coefficient (Wildman–Crippen LogP) is 2.93. The summed E-state index contributed by atoms with van der Waals surface area (Å²) < 4.78 is 1.63. The van der Waals surface area contributed by atoms with E-state index in [9.17, 15) is 0 Å². The first-order chi connectivity index (χ1) is 10.4. The Morgan fingerprint density at radius 3 is 2.95 bits per heavy atom. The maximum absolute atomic E-state index is 9.12. The minimum atomic E-state index is 0.492. The number of nitrogens with zero attached hydrogens (tertiary/aromatic N) is 5. The van der Waals surface area contributed by atoms with Gasteiger partial charge < -0.3 is 0 Å². The second kappa shape index (κ2) is 4.67. The van der Waals surface area contributed by atoms with Crippen LogP contribution < -0.4 is 0 Å². The number of nitriles is 1. The van der Waals surface area contributed by atoms with Gasteiger partial charge in [-0.15, -0.1) is 0 Å². The summed E-state index contributed by atoms with van der Waals surface area (Å²) in [5.74, 6) is 0.541. The first-order valence-electron chi connectivity index (χ1n) is 7.06. The molecule has 3 heterocycles. The summed E-state index contributed by atoms with van der Waals surface area (Å²) >= 11 is 0. The molecule has 3 aromatic heterocycles. The van der Waals surface area contributed by atoms with Crippen LogP contribution in [-0.2, 0) is 0 Å². The number of hydrogen-bond acceptors (Lipinski definition) is 4. The lowest BCUT2D eigenvalue weighted by atomic mass is 9.80. The monoisotopic (exact) mass is 275 g/mol. The van der Waals surface area contributed by atoms with E-state index in [1.807, 2.05) is 24.5 Å². The lowest BCUT2D eigenvalue weighted by Gasteiger charge is -2.26. The van der Waals surface area contributed by atoms with Gasteiger partial charge in [0.15, 0.2) is 5.65 Å². The molecule has 102 valence electrons. The molecular weight excluding hydrogens is 262 g/mol. The highest BCUT2D eigenvalue weighted by Gasteiger charge is 2.24. The van der Waals surface area contributed by atoms with Crippen LogP contribution in [0, 0.1) is 11.3 Å². The summed E-state index contributed by atoms with van der Waals surface area (Å²) in [6.07, 6.45) is 8.90. The predicted molar refractivity (Wildman–Crippen MR) is 77.5 cm³/mol. The molecule has 5 nitrogen and oxygen atoms in total. The molecule has 4 rings (SSSR count). The largest absolute Gasteiger partial charge is 0.260 e. The standard InChI is InChI=1S/C16H13N5/c17-9-12-10-19-21-8-6-14(20-16(12)21)13-5-2-7-18-15(13)11-3-1-4-11/h2,5-8,10-11H,1,3-4H2. The lowest BCUT2D eigenvalue weighted by molar-refractivity contribution is 0.412. The van der Waals surface area contributed by atoms with E-state index in [2.05, 4.69) is 27.2 Å². The van der Waals surface area contributed by atoms with E-state index in [4.69, 9.17) is 5.26 Å². The molecule has 1 fully saturated rings. The van der Waals surface area contributed by atoms with Crippen molar-refractivity contribution in [3.63, 3.8) is 0 Å². The van der Waals surface area contributed by atoms with Crippen molar-refractivity contribution in [3.8, 4) is 17.3 Å². The smallest absolute Gasteiger partial charge is 0.173 e. The highest BCUT2D eigenvalue weighted by atomic mass is 15.2. The minimum absolute atomic E-state index is 0.492. The van der Waals surface area contributed by atoms with Crippen LogP contribution in [0.2, 0.25) is 0 Å². The summed E-state index contributed by atoms with van der Waals surface area (Å²) in [5.41, 5.74) is 4.13. The van der Waals surface area contributed by atoms with E-state index < -0.39 is 0 Å². The van der Waals surface area contributed by atoms with Gasteiger partial charge in [-0.2, -0.15) is 10.4 Å². The quantitative estimate of drug-likeness (QED) is 0.721. The van der Waals surface area contributed by atoms with Gasteiger partial charge in [-0.1, -0.05) is 6.42 Å². The molecule has 0 saturated heterocycles. The van der Waals surface area contributed by atoms with E-state index in [1.165, 1.54) is 19.3 Å². The third-order valence-electron chi connectivity index (χ3n) is 4.10. The summed E-state index contributed by atoms with van der Waals surface area (Å²) in [6, 6.07) is 8.05. The Morgan fingerprint density at radius 1 is 1.29 bits per heavy atom. The van der Waals surface area contributed by atoms with Crippen molar-refractivity contribution in [2.24, 2.45) is 0 Å². The first-order valence-corrected chi connectivity index (χ1v) is 7.06. The average Bonchev–Trinajstić information content (AvgIpc) is 2.88. The molecule has 0 spiro atoms. The number of aromatic nitrogens is 4. The Balaban J connectivity index is 1.88. The third kappa shape index (κ3) is 1.88. The Hall–Kier alpha value is -2.74. The topological polar surface area (TPSA) is 66.9 Å². The maximum atomic E-state index is 9.12. The second-order valence-electron chi connectivity index (χ2n) is 5.32. The molecule has 0 atom stereocenters. The Labute approximate surface area is 121 Å². The van der Waals surface area contributed by atoms with Crippen LogP contribution in [0.3, 0.4) is 0 Å². The Kier molecular flexibility index (Phi) is 2.68. The van der Waals surface area contributed by atoms with Crippen LogP contribution in [0.5, 0.6) is 0 Å². The molecule has 1 saturated carbocycles. The van der Waals surface area contributed by atoms with Gasteiger partial charge in [0.1, 0.15) is 11.6 Å². The zero-order chi connectivity index (χ0) is 14.2. The molecule has 1 aliphatic rings. The molecule has 0 radical (unpaired) electrons. The second-order valence-corrected chi connectivity index (χ2v) is 5.32. The fourth-order valence-corrected chi connectivity index (χ4v) is 2.74. The van der Waals surface area contributed by atoms with Gasteiger partial charge in [-0.05, 0) is 31.0 Å². The minimum Gasteiger partial charge on any atom is -0.260 e. The van der Waals surface area contributed by atoms with E-state index in [0.717, 1.165) is 17.0 Å². The highest BCUT2D eigenvalue weighted by molar-refractivity contribution is 5.66. The van der Waals surface area contributed by atoms with Gasteiger partial charge in [0.25, 0.3) is 0 Å².